The molecule has 1 N–H and O–H groups in total. The van der Waals surface area contributed by atoms with Gasteiger partial charge < -0.3 is 9.84 Å². The maximum atomic E-state index is 11.2. The van der Waals surface area contributed by atoms with E-state index in [1.54, 1.807) is 7.11 Å². The number of aryl methyl sites for hydroxylation is 1. The highest BCUT2D eigenvalue weighted by atomic mass is 16.5. The summed E-state index contributed by atoms with van der Waals surface area (Å²) in [6, 6.07) is 5.91. The van der Waals surface area contributed by atoms with Crippen molar-refractivity contribution < 1.29 is 14.6 Å². The molecule has 0 aliphatic heterocycles. The van der Waals surface area contributed by atoms with Gasteiger partial charge in [0.25, 0.3) is 0 Å². The third-order valence-corrected chi connectivity index (χ3v) is 3.87. The summed E-state index contributed by atoms with van der Waals surface area (Å²) in [5.74, 6) is -0.147. The summed E-state index contributed by atoms with van der Waals surface area (Å²) in [5, 5.41) is 9.21. The van der Waals surface area contributed by atoms with Gasteiger partial charge in [0.05, 0.1) is 13.0 Å². The number of rotatable bonds is 3. The van der Waals surface area contributed by atoms with Crippen molar-refractivity contribution in [2.45, 2.75) is 26.7 Å². The zero-order valence-electron chi connectivity index (χ0n) is 10.7. The van der Waals surface area contributed by atoms with Gasteiger partial charge in [-0.25, -0.2) is 0 Å². The molecule has 1 fully saturated rings. The molecule has 2 atom stereocenters. The van der Waals surface area contributed by atoms with Crippen LogP contribution in [0.15, 0.2) is 18.2 Å². The van der Waals surface area contributed by atoms with E-state index in [-0.39, 0.29) is 17.3 Å². The zero-order valence-corrected chi connectivity index (χ0v) is 10.7. The molecule has 1 saturated carbocycles. The van der Waals surface area contributed by atoms with E-state index in [2.05, 4.69) is 0 Å². The second kappa shape index (κ2) is 3.76. The molecule has 0 unspecified atom stereocenters. The van der Waals surface area contributed by atoms with Crippen LogP contribution in [-0.2, 0) is 4.79 Å². The molecule has 0 amide bonds. The van der Waals surface area contributed by atoms with Gasteiger partial charge in [-0.3, -0.25) is 4.79 Å². The van der Waals surface area contributed by atoms with E-state index in [1.165, 1.54) is 0 Å². The van der Waals surface area contributed by atoms with Gasteiger partial charge in [0.2, 0.25) is 0 Å². The van der Waals surface area contributed by atoms with Crippen LogP contribution < -0.4 is 4.74 Å². The Morgan fingerprint density at radius 3 is 2.53 bits per heavy atom. The number of ether oxygens (including phenoxy) is 1. The van der Waals surface area contributed by atoms with E-state index in [0.29, 0.717) is 0 Å². The van der Waals surface area contributed by atoms with Crippen LogP contribution in [-0.4, -0.2) is 18.2 Å². The smallest absolute Gasteiger partial charge is 0.307 e. The average molecular weight is 234 g/mol. The number of para-hydroxylation sites is 1. The molecule has 92 valence electrons. The Balaban J connectivity index is 2.43. The predicted molar refractivity (Wildman–Crippen MR) is 65.4 cm³/mol. The summed E-state index contributed by atoms with van der Waals surface area (Å²) < 4.78 is 5.41. The zero-order chi connectivity index (χ0) is 12.8. The van der Waals surface area contributed by atoms with E-state index in [1.807, 2.05) is 39.0 Å². The molecule has 1 aromatic carbocycles. The fourth-order valence-corrected chi connectivity index (χ4v) is 2.88. The maximum absolute atomic E-state index is 11.2. The first-order valence-electron chi connectivity index (χ1n) is 5.77. The monoisotopic (exact) mass is 234 g/mol. The molecule has 1 aliphatic carbocycles. The first-order chi connectivity index (χ1) is 7.91. The van der Waals surface area contributed by atoms with Crippen LogP contribution in [0.25, 0.3) is 0 Å². The number of hydrogen-bond donors (Lipinski definition) is 1. The van der Waals surface area contributed by atoms with Crippen LogP contribution in [0.5, 0.6) is 5.75 Å². The summed E-state index contributed by atoms with van der Waals surface area (Å²) in [7, 11) is 1.64. The Kier molecular flexibility index (Phi) is 2.64. The molecular weight excluding hydrogens is 216 g/mol. The van der Waals surface area contributed by atoms with Crippen molar-refractivity contribution >= 4 is 5.97 Å². The third-order valence-electron chi connectivity index (χ3n) is 3.87. The fraction of sp³-hybridized carbons (Fsp3) is 0.500. The molecule has 17 heavy (non-hydrogen) atoms. The number of carboxylic acid groups (broad SMARTS) is 1. The second-order valence-corrected chi connectivity index (χ2v) is 5.31. The summed E-state index contributed by atoms with van der Waals surface area (Å²) in [6.45, 7) is 5.98. The highest BCUT2D eigenvalue weighted by molar-refractivity contribution is 5.78. The van der Waals surface area contributed by atoms with Gasteiger partial charge in [-0.05, 0) is 23.5 Å². The van der Waals surface area contributed by atoms with E-state index in [0.717, 1.165) is 16.9 Å². The largest absolute Gasteiger partial charge is 0.496 e. The highest BCUT2D eigenvalue weighted by Gasteiger charge is 2.63. The number of benzene rings is 1. The molecule has 3 heteroatoms. The van der Waals surface area contributed by atoms with E-state index < -0.39 is 5.97 Å². The minimum absolute atomic E-state index is 0.0508. The molecule has 0 aromatic heterocycles. The first-order valence-corrected chi connectivity index (χ1v) is 5.77. The minimum atomic E-state index is -0.719. The topological polar surface area (TPSA) is 46.5 Å². The molecule has 1 aliphatic rings. The van der Waals surface area contributed by atoms with Gasteiger partial charge in [0.15, 0.2) is 0 Å². The second-order valence-electron chi connectivity index (χ2n) is 5.31. The van der Waals surface area contributed by atoms with E-state index in [9.17, 15) is 9.90 Å². The van der Waals surface area contributed by atoms with Crippen molar-refractivity contribution in [3.8, 4) is 5.75 Å². The molecule has 2 rings (SSSR count). The van der Waals surface area contributed by atoms with Crippen LogP contribution in [0.3, 0.4) is 0 Å². The highest BCUT2D eigenvalue weighted by Crippen LogP contribution is 2.65. The van der Waals surface area contributed by atoms with Crippen molar-refractivity contribution in [1.82, 2.24) is 0 Å². The Bertz CT molecular complexity index is 463. The quantitative estimate of drug-likeness (QED) is 0.874. The normalized spacial score (nSPS) is 25.4. The lowest BCUT2D eigenvalue weighted by Crippen LogP contribution is -2.03. The summed E-state index contributed by atoms with van der Waals surface area (Å²) in [4.78, 5) is 11.2. The molecule has 0 saturated heterocycles. The summed E-state index contributed by atoms with van der Waals surface area (Å²) in [6.07, 6.45) is 0. The number of carboxylic acids is 1. The van der Waals surface area contributed by atoms with Crippen molar-refractivity contribution in [2.24, 2.45) is 11.3 Å². The van der Waals surface area contributed by atoms with E-state index >= 15 is 0 Å². The molecule has 0 heterocycles. The third kappa shape index (κ3) is 1.70. The lowest BCUT2D eigenvalue weighted by Gasteiger charge is -2.12. The molecule has 3 nitrogen and oxygen atoms in total. The van der Waals surface area contributed by atoms with Gasteiger partial charge >= 0.3 is 5.97 Å². The lowest BCUT2D eigenvalue weighted by molar-refractivity contribution is -0.139. The van der Waals surface area contributed by atoms with Gasteiger partial charge in [-0.2, -0.15) is 0 Å². The Morgan fingerprint density at radius 2 is 2.06 bits per heavy atom. The molecule has 0 spiro atoms. The maximum Gasteiger partial charge on any atom is 0.307 e. The van der Waals surface area contributed by atoms with Crippen molar-refractivity contribution in [3.05, 3.63) is 29.3 Å². The Labute approximate surface area is 101 Å². The Hall–Kier alpha value is -1.51. The number of methoxy groups -OCH3 is 1. The van der Waals surface area contributed by atoms with Crippen LogP contribution in [0, 0.1) is 18.3 Å². The van der Waals surface area contributed by atoms with Crippen molar-refractivity contribution in [1.29, 1.82) is 0 Å². The summed E-state index contributed by atoms with van der Waals surface area (Å²) in [5.41, 5.74) is 1.88. The molecule has 0 bridgehead atoms. The van der Waals surface area contributed by atoms with Crippen LogP contribution >= 0.6 is 0 Å². The SMILES string of the molecule is COc1c(C)cccc1[C@H]1[C@H](C(=O)O)C1(C)C. The van der Waals surface area contributed by atoms with Crippen molar-refractivity contribution in [2.75, 3.05) is 7.11 Å². The Morgan fingerprint density at radius 1 is 1.41 bits per heavy atom. The van der Waals surface area contributed by atoms with Crippen LogP contribution in [0.4, 0.5) is 0 Å². The van der Waals surface area contributed by atoms with Crippen molar-refractivity contribution in [3.63, 3.8) is 0 Å². The predicted octanol–water partition coefficient (Wildman–Crippen LogP) is 2.83. The van der Waals surface area contributed by atoms with Crippen LogP contribution in [0.1, 0.15) is 30.9 Å². The number of carbonyl (C=O) groups is 1. The van der Waals surface area contributed by atoms with Crippen LogP contribution in [0.2, 0.25) is 0 Å². The van der Waals surface area contributed by atoms with Gasteiger partial charge in [0, 0.05) is 5.92 Å². The van der Waals surface area contributed by atoms with Gasteiger partial charge in [-0.1, -0.05) is 32.0 Å². The van der Waals surface area contributed by atoms with E-state index in [4.69, 9.17) is 4.74 Å². The fourth-order valence-electron chi connectivity index (χ4n) is 2.88. The number of aliphatic carboxylic acids is 1. The lowest BCUT2D eigenvalue weighted by atomic mass is 10.00. The standard InChI is InChI=1S/C14H18O3/c1-8-6-5-7-9(12(8)17-4)10-11(13(15)16)14(10,2)3/h5-7,10-11H,1-4H3,(H,15,16)/t10-,11+/m0/s1. The molecule has 1 aromatic rings. The van der Waals surface area contributed by atoms with Gasteiger partial charge in [0.1, 0.15) is 5.75 Å². The average Bonchev–Trinajstić information content (AvgIpc) is 2.81. The summed E-state index contributed by atoms with van der Waals surface area (Å²) >= 11 is 0. The first kappa shape index (κ1) is 12.0. The molecular formula is C14H18O3. The minimum Gasteiger partial charge on any atom is -0.496 e. The molecule has 0 radical (unpaired) electrons. The van der Waals surface area contributed by atoms with Gasteiger partial charge in [-0.15, -0.1) is 0 Å². The number of hydrogen-bond acceptors (Lipinski definition) is 2.